The van der Waals surface area contributed by atoms with Gasteiger partial charge in [0, 0.05) is 18.1 Å². The van der Waals surface area contributed by atoms with Crippen molar-refractivity contribution in [3.63, 3.8) is 0 Å². The first-order valence-electron chi connectivity index (χ1n) is 4.36. The Bertz CT molecular complexity index is 345. The van der Waals surface area contributed by atoms with Crippen molar-refractivity contribution in [1.29, 1.82) is 0 Å². The zero-order valence-electron chi connectivity index (χ0n) is 7.74. The van der Waals surface area contributed by atoms with E-state index >= 15 is 0 Å². The maximum atomic E-state index is 4.40. The third-order valence-electron chi connectivity index (χ3n) is 2.01. The number of fused-ring (bicyclic) bond motifs is 1. The molecule has 0 spiro atoms. The minimum absolute atomic E-state index is 0.499. The van der Waals surface area contributed by atoms with Crippen molar-refractivity contribution in [2.45, 2.75) is 24.7 Å². The largest absolute Gasteiger partial charge is 0.332 e. The van der Waals surface area contributed by atoms with Gasteiger partial charge in [-0.1, -0.05) is 13.8 Å². The molecule has 0 fully saturated rings. The monoisotopic (exact) mass is 192 g/mol. The molecule has 2 nitrogen and oxygen atoms in total. The summed E-state index contributed by atoms with van der Waals surface area (Å²) in [5.41, 5.74) is 2.42. The van der Waals surface area contributed by atoms with Crippen LogP contribution < -0.4 is 4.72 Å². The third-order valence-corrected chi connectivity index (χ3v) is 2.83. The summed E-state index contributed by atoms with van der Waals surface area (Å²) in [4.78, 5) is 5.60. The molecule has 1 aromatic rings. The third kappa shape index (κ3) is 1.70. The van der Waals surface area contributed by atoms with Crippen molar-refractivity contribution < 1.29 is 0 Å². The minimum atomic E-state index is 0.499. The average molecular weight is 192 g/mol. The van der Waals surface area contributed by atoms with E-state index in [9.17, 15) is 0 Å². The molecule has 0 atom stereocenters. The van der Waals surface area contributed by atoms with Gasteiger partial charge in [0.15, 0.2) is 0 Å². The topological polar surface area (TPSA) is 24.9 Å². The maximum Gasteiger partial charge on any atom is 0.0541 e. The van der Waals surface area contributed by atoms with E-state index in [0.29, 0.717) is 5.92 Å². The van der Waals surface area contributed by atoms with Gasteiger partial charge in [0.05, 0.1) is 4.90 Å². The van der Waals surface area contributed by atoms with Gasteiger partial charge in [-0.2, -0.15) is 0 Å². The molecule has 68 valence electrons. The van der Waals surface area contributed by atoms with E-state index in [-0.39, 0.29) is 0 Å². The van der Waals surface area contributed by atoms with Crippen LogP contribution in [0.3, 0.4) is 0 Å². The van der Waals surface area contributed by atoms with Crippen molar-refractivity contribution in [2.75, 3.05) is 0 Å². The molecule has 1 aliphatic heterocycles. The van der Waals surface area contributed by atoms with Crippen LogP contribution in [0, 0.1) is 0 Å². The van der Waals surface area contributed by atoms with Crippen molar-refractivity contribution in [3.8, 4) is 0 Å². The van der Waals surface area contributed by atoms with Gasteiger partial charge < -0.3 is 4.72 Å². The molecule has 0 unspecified atom stereocenters. The quantitative estimate of drug-likeness (QED) is 0.692. The summed E-state index contributed by atoms with van der Waals surface area (Å²) in [6, 6.07) is 2.16. The number of nitrogens with one attached hydrogen (secondary N) is 1. The maximum absolute atomic E-state index is 4.40. The van der Waals surface area contributed by atoms with Crippen molar-refractivity contribution in [3.05, 3.63) is 29.7 Å². The lowest BCUT2D eigenvalue weighted by Gasteiger charge is -2.12. The molecule has 1 aliphatic rings. The zero-order valence-corrected chi connectivity index (χ0v) is 8.56. The summed E-state index contributed by atoms with van der Waals surface area (Å²) < 4.78 is 3.09. The number of hydrogen-bond acceptors (Lipinski definition) is 3. The number of aromatic nitrogens is 1. The molecule has 0 aromatic carbocycles. The van der Waals surface area contributed by atoms with Crippen LogP contribution in [0.2, 0.25) is 0 Å². The average Bonchev–Trinajstić information content (AvgIpc) is 2.17. The Kier molecular flexibility index (Phi) is 2.27. The molecule has 2 rings (SSSR count). The van der Waals surface area contributed by atoms with Crippen LogP contribution in [0.1, 0.15) is 31.0 Å². The van der Waals surface area contributed by atoms with E-state index in [4.69, 9.17) is 0 Å². The van der Waals surface area contributed by atoms with Crippen LogP contribution in [0.4, 0.5) is 0 Å². The van der Waals surface area contributed by atoms with E-state index in [0.717, 1.165) is 5.69 Å². The minimum Gasteiger partial charge on any atom is -0.332 e. The van der Waals surface area contributed by atoms with Crippen LogP contribution in [-0.4, -0.2) is 4.98 Å². The van der Waals surface area contributed by atoms with Crippen molar-refractivity contribution in [2.24, 2.45) is 0 Å². The second-order valence-corrected chi connectivity index (χ2v) is 4.23. The normalized spacial score (nSPS) is 14.1. The number of nitrogens with zero attached hydrogens (tertiary/aromatic N) is 1. The summed E-state index contributed by atoms with van der Waals surface area (Å²) in [6.45, 7) is 4.32. The van der Waals surface area contributed by atoms with Gasteiger partial charge in [-0.25, -0.2) is 0 Å². The molecule has 0 bridgehead atoms. The molecular weight excluding hydrogens is 180 g/mol. The molecule has 1 aromatic heterocycles. The van der Waals surface area contributed by atoms with Gasteiger partial charge in [0.25, 0.3) is 0 Å². The fraction of sp³-hybridized carbons (Fsp3) is 0.300. The zero-order chi connectivity index (χ0) is 9.26. The van der Waals surface area contributed by atoms with Crippen molar-refractivity contribution in [1.82, 2.24) is 9.71 Å². The standard InChI is InChI=1S/C10H12N2S/c1-7(2)9-5-8-3-4-12-13-10(8)6-11-9/h3-7,12H,1-2H3. The van der Waals surface area contributed by atoms with Crippen LogP contribution in [0.25, 0.3) is 6.08 Å². The van der Waals surface area contributed by atoms with E-state index in [1.165, 1.54) is 10.5 Å². The van der Waals surface area contributed by atoms with Gasteiger partial charge >= 0.3 is 0 Å². The predicted molar refractivity (Wildman–Crippen MR) is 56.4 cm³/mol. The Hall–Kier alpha value is -0.960. The Labute approximate surface area is 82.6 Å². The highest BCUT2D eigenvalue weighted by molar-refractivity contribution is 7.97. The lowest BCUT2D eigenvalue weighted by atomic mass is 10.1. The number of rotatable bonds is 1. The Morgan fingerprint density at radius 2 is 2.31 bits per heavy atom. The predicted octanol–water partition coefficient (Wildman–Crippen LogP) is 2.79. The summed E-state index contributed by atoms with van der Waals surface area (Å²) in [5.74, 6) is 0.499. The Morgan fingerprint density at radius 3 is 3.08 bits per heavy atom. The fourth-order valence-corrected chi connectivity index (χ4v) is 1.84. The first-order chi connectivity index (χ1) is 6.27. The molecule has 0 aliphatic carbocycles. The molecule has 0 radical (unpaired) electrons. The van der Waals surface area contributed by atoms with Crippen molar-refractivity contribution >= 4 is 18.0 Å². The molecule has 0 amide bonds. The van der Waals surface area contributed by atoms with E-state index < -0.39 is 0 Å². The second kappa shape index (κ2) is 3.42. The van der Waals surface area contributed by atoms with Gasteiger partial charge in [0.2, 0.25) is 0 Å². The Balaban J connectivity index is 2.43. The summed E-state index contributed by atoms with van der Waals surface area (Å²) in [6.07, 6.45) is 5.97. The lowest BCUT2D eigenvalue weighted by Crippen LogP contribution is -2.01. The van der Waals surface area contributed by atoms with E-state index in [2.05, 4.69) is 35.7 Å². The molecule has 13 heavy (non-hydrogen) atoms. The molecule has 1 N–H and O–H groups in total. The second-order valence-electron chi connectivity index (χ2n) is 3.35. The highest BCUT2D eigenvalue weighted by atomic mass is 32.2. The highest BCUT2D eigenvalue weighted by Crippen LogP contribution is 2.26. The Morgan fingerprint density at radius 1 is 1.46 bits per heavy atom. The molecular formula is C10H12N2S. The van der Waals surface area contributed by atoms with E-state index in [1.807, 2.05) is 12.4 Å². The highest BCUT2D eigenvalue weighted by Gasteiger charge is 2.08. The number of pyridine rings is 1. The fourth-order valence-electron chi connectivity index (χ4n) is 1.23. The molecule has 0 saturated carbocycles. The first-order valence-corrected chi connectivity index (χ1v) is 5.18. The van der Waals surface area contributed by atoms with E-state index in [1.54, 1.807) is 11.9 Å². The van der Waals surface area contributed by atoms with Gasteiger partial charge in [-0.3, -0.25) is 4.98 Å². The van der Waals surface area contributed by atoms with Gasteiger partial charge in [0.1, 0.15) is 0 Å². The smallest absolute Gasteiger partial charge is 0.0541 e. The first kappa shape index (κ1) is 8.63. The van der Waals surface area contributed by atoms with Crippen LogP contribution in [-0.2, 0) is 0 Å². The SMILES string of the molecule is CC(C)c1cc2c(cn1)SNC=C2. The molecule has 0 saturated heterocycles. The van der Waals surface area contributed by atoms with Gasteiger partial charge in [-0.05, 0) is 35.6 Å². The summed E-state index contributed by atoms with van der Waals surface area (Å²) >= 11 is 1.61. The molecule has 3 heteroatoms. The number of hydrogen-bond donors (Lipinski definition) is 1. The summed E-state index contributed by atoms with van der Waals surface area (Å²) in [5, 5.41) is 0. The summed E-state index contributed by atoms with van der Waals surface area (Å²) in [7, 11) is 0. The van der Waals surface area contributed by atoms with Crippen LogP contribution in [0.5, 0.6) is 0 Å². The molecule has 2 heterocycles. The lowest BCUT2D eigenvalue weighted by molar-refractivity contribution is 0.817. The van der Waals surface area contributed by atoms with Gasteiger partial charge in [-0.15, -0.1) is 0 Å². The van der Waals surface area contributed by atoms with Crippen LogP contribution >= 0.6 is 11.9 Å². The van der Waals surface area contributed by atoms with Crippen LogP contribution in [0.15, 0.2) is 23.4 Å².